The van der Waals surface area contributed by atoms with Gasteiger partial charge in [-0.25, -0.2) is 0 Å². The molecule has 2 aromatic rings. The van der Waals surface area contributed by atoms with E-state index >= 15 is 0 Å². The molecule has 0 aliphatic rings. The lowest BCUT2D eigenvalue weighted by atomic mass is 9.58. The van der Waals surface area contributed by atoms with E-state index in [2.05, 4.69) is 41.8 Å². The van der Waals surface area contributed by atoms with Gasteiger partial charge in [0.05, 0.1) is 12.1 Å². The van der Waals surface area contributed by atoms with Crippen LogP contribution in [0.25, 0.3) is 11.1 Å². The molecule has 292 valence electrons. The molecule has 0 aliphatic heterocycles. The summed E-state index contributed by atoms with van der Waals surface area (Å²) in [6.07, 6.45) is 5.68. The van der Waals surface area contributed by atoms with E-state index in [0.29, 0.717) is 37.8 Å². The Bertz CT molecular complexity index is 1450. The first kappa shape index (κ1) is 45.5. The number of unbranched alkanes of at least 4 members (excludes halogenated alkanes) is 2. The number of ketones is 3. The van der Waals surface area contributed by atoms with Crippen LogP contribution in [0.1, 0.15) is 115 Å². The highest BCUT2D eigenvalue weighted by Gasteiger charge is 2.31. The summed E-state index contributed by atoms with van der Waals surface area (Å²) in [7, 11) is 0. The zero-order valence-electron chi connectivity index (χ0n) is 33.0. The summed E-state index contributed by atoms with van der Waals surface area (Å²) in [5, 5.41) is 15.6. The number of carbonyl (C=O) groups is 5. The zero-order chi connectivity index (χ0) is 39.5. The highest BCUT2D eigenvalue weighted by Crippen LogP contribution is 2.24. The van der Waals surface area contributed by atoms with Crippen molar-refractivity contribution in [3.63, 3.8) is 0 Å². The quantitative estimate of drug-likeness (QED) is 0.0448. The summed E-state index contributed by atoms with van der Waals surface area (Å²) in [5.41, 5.74) is 15.4. The first-order chi connectivity index (χ1) is 25.2. The lowest BCUT2D eigenvalue weighted by Gasteiger charge is -2.25. The third-order valence-electron chi connectivity index (χ3n) is 10.00. The molecule has 0 unspecified atom stereocenters. The predicted octanol–water partition coefficient (Wildman–Crippen LogP) is 5.94. The maximum absolute atomic E-state index is 13.7. The molecule has 7 N–H and O–H groups in total. The molecule has 0 saturated heterocycles. The van der Waals surface area contributed by atoms with Crippen LogP contribution in [-0.4, -0.2) is 66.3 Å². The Hall–Kier alpha value is -3.67. The Labute approximate surface area is 318 Å². The van der Waals surface area contributed by atoms with Crippen LogP contribution in [0.2, 0.25) is 12.6 Å². The van der Waals surface area contributed by atoms with E-state index in [0.717, 1.165) is 30.4 Å². The third kappa shape index (κ3) is 16.1. The molecule has 0 bridgehead atoms. The van der Waals surface area contributed by atoms with Crippen molar-refractivity contribution in [1.29, 1.82) is 0 Å². The summed E-state index contributed by atoms with van der Waals surface area (Å²) in [6.45, 7) is 11.1. The minimum absolute atomic E-state index is 0.0246. The molecule has 0 heterocycles. The van der Waals surface area contributed by atoms with Crippen molar-refractivity contribution in [3.05, 3.63) is 59.7 Å². The topological polar surface area (TPSA) is 182 Å². The van der Waals surface area contributed by atoms with Crippen LogP contribution in [0.15, 0.2) is 48.5 Å². The molecule has 0 saturated carbocycles. The van der Waals surface area contributed by atoms with Crippen molar-refractivity contribution in [3.8, 4) is 11.1 Å². The van der Waals surface area contributed by atoms with Crippen molar-refractivity contribution < 1.29 is 29.0 Å². The summed E-state index contributed by atoms with van der Waals surface area (Å²) >= 11 is 0. The van der Waals surface area contributed by atoms with E-state index < -0.39 is 42.6 Å². The Morgan fingerprint density at radius 1 is 0.717 bits per heavy atom. The maximum atomic E-state index is 13.7. The number of hydrogen-bond donors (Lipinski definition) is 5. The number of benzene rings is 2. The van der Waals surface area contributed by atoms with Crippen LogP contribution in [0, 0.1) is 17.8 Å². The van der Waals surface area contributed by atoms with Crippen LogP contribution in [-0.2, 0) is 25.6 Å². The van der Waals surface area contributed by atoms with Crippen molar-refractivity contribution >= 4 is 36.1 Å². The number of amides is 2. The predicted molar refractivity (Wildman–Crippen MR) is 214 cm³/mol. The third-order valence-corrected chi connectivity index (χ3v) is 10.00. The number of nitrogens with one attached hydrogen (secondary N) is 2. The van der Waals surface area contributed by atoms with E-state index in [1.807, 2.05) is 26.0 Å². The highest BCUT2D eigenvalue weighted by atomic mass is 16.2. The van der Waals surface area contributed by atoms with E-state index in [1.165, 1.54) is 5.56 Å². The highest BCUT2D eigenvalue weighted by molar-refractivity contribution is 6.50. The molecule has 0 aliphatic carbocycles. The van der Waals surface area contributed by atoms with Crippen molar-refractivity contribution in [2.75, 3.05) is 13.1 Å². The normalized spacial score (nSPS) is 14.2. The van der Waals surface area contributed by atoms with Gasteiger partial charge in [-0.2, -0.15) is 0 Å². The number of Topliss-reactive ketones (excluding diaryl/α,β-unsaturated/α-hetero) is 3. The van der Waals surface area contributed by atoms with Gasteiger partial charge in [0.15, 0.2) is 17.3 Å². The standard InChI is InChI=1S/C42H65BN4O6/c1-7-8-11-31-13-15-32(16-14-31)33-17-19-34(20-18-33)38(48)27-35(12-9-10-22-44)42(52)46-36(21-23-45)39(49)25-29(4)41(51)47-37(24-28(2)3)40(50)26-30(5)43(6)53/h13-20,28-30,35-37,53H,7-12,21-27,44-45H2,1-6H3,(H,46,52)(H,47,51)/t29-,30-,35-,36+,37+/m1/s1. The van der Waals surface area contributed by atoms with Crippen LogP contribution in [0.3, 0.4) is 0 Å². The molecule has 0 aromatic heterocycles. The first-order valence-corrected chi connectivity index (χ1v) is 19.7. The van der Waals surface area contributed by atoms with Crippen molar-refractivity contribution in [1.82, 2.24) is 10.6 Å². The van der Waals surface area contributed by atoms with E-state index in [4.69, 9.17) is 11.5 Å². The second-order valence-corrected chi connectivity index (χ2v) is 15.3. The summed E-state index contributed by atoms with van der Waals surface area (Å²) in [5.74, 6) is -3.08. The molecular formula is C42H65BN4O6. The van der Waals surface area contributed by atoms with Gasteiger partial charge in [0, 0.05) is 36.7 Å². The lowest BCUT2D eigenvalue weighted by Crippen LogP contribution is -2.47. The van der Waals surface area contributed by atoms with Crippen LogP contribution in [0.4, 0.5) is 0 Å². The largest absolute Gasteiger partial charge is 0.450 e. The fourth-order valence-electron chi connectivity index (χ4n) is 6.29. The average molecular weight is 733 g/mol. The summed E-state index contributed by atoms with van der Waals surface area (Å²) < 4.78 is 0. The Balaban J connectivity index is 2.11. The maximum Gasteiger partial charge on any atom is 0.289 e. The molecule has 0 fully saturated rings. The average Bonchev–Trinajstić information content (AvgIpc) is 3.12. The molecular weight excluding hydrogens is 667 g/mol. The molecule has 10 nitrogen and oxygen atoms in total. The van der Waals surface area contributed by atoms with Crippen molar-refractivity contribution in [2.24, 2.45) is 29.2 Å². The monoisotopic (exact) mass is 732 g/mol. The molecule has 0 spiro atoms. The van der Waals surface area contributed by atoms with Gasteiger partial charge in [0.2, 0.25) is 11.8 Å². The van der Waals surface area contributed by atoms with Gasteiger partial charge < -0.3 is 27.1 Å². The minimum Gasteiger partial charge on any atom is -0.450 e. The molecule has 5 atom stereocenters. The Morgan fingerprint density at radius 2 is 1.30 bits per heavy atom. The molecule has 53 heavy (non-hydrogen) atoms. The van der Waals surface area contributed by atoms with Gasteiger partial charge in [-0.15, -0.1) is 0 Å². The van der Waals surface area contributed by atoms with Crippen LogP contribution in [0.5, 0.6) is 0 Å². The van der Waals surface area contributed by atoms with Gasteiger partial charge in [-0.1, -0.05) is 103 Å². The number of hydrogen-bond acceptors (Lipinski definition) is 8. The molecule has 2 amide bonds. The lowest BCUT2D eigenvalue weighted by molar-refractivity contribution is -0.134. The van der Waals surface area contributed by atoms with E-state index in [-0.39, 0.29) is 61.3 Å². The second-order valence-electron chi connectivity index (χ2n) is 15.3. The molecule has 2 rings (SSSR count). The zero-order valence-corrected chi connectivity index (χ0v) is 33.0. The van der Waals surface area contributed by atoms with Gasteiger partial charge >= 0.3 is 0 Å². The number of carbonyl (C=O) groups excluding carboxylic acids is 5. The number of nitrogens with two attached hydrogens (primary N) is 2. The molecule has 2 aromatic carbocycles. The van der Waals surface area contributed by atoms with Gasteiger partial charge in [0.25, 0.3) is 6.92 Å². The number of aryl methyl sites for hydroxylation is 1. The summed E-state index contributed by atoms with van der Waals surface area (Å²) in [6, 6.07) is 14.2. The molecule has 0 radical (unpaired) electrons. The van der Waals surface area contributed by atoms with Crippen molar-refractivity contribution in [2.45, 2.75) is 130 Å². The first-order valence-electron chi connectivity index (χ1n) is 19.7. The van der Waals surface area contributed by atoms with Gasteiger partial charge in [-0.3, -0.25) is 24.0 Å². The minimum atomic E-state index is -0.928. The number of rotatable bonds is 26. The second kappa shape index (κ2) is 23.9. The Morgan fingerprint density at radius 3 is 1.85 bits per heavy atom. The van der Waals surface area contributed by atoms with Gasteiger partial charge in [0.1, 0.15) is 0 Å². The SMILES string of the molecule is CCCCc1ccc(-c2ccc(C(=O)C[C@@H](CCCCN)C(=O)N[C@@H](CCN)C(=O)C[C@@H](C)C(=O)N[C@@H](CC(C)C)C(=O)C[C@@H](C)B(C)O)cc2)cc1. The molecule has 11 heteroatoms. The van der Waals surface area contributed by atoms with E-state index in [9.17, 15) is 29.0 Å². The van der Waals surface area contributed by atoms with E-state index in [1.54, 1.807) is 32.8 Å². The van der Waals surface area contributed by atoms with Crippen LogP contribution >= 0.6 is 0 Å². The van der Waals surface area contributed by atoms with Gasteiger partial charge in [-0.05, 0) is 80.0 Å². The fourth-order valence-corrected chi connectivity index (χ4v) is 6.29. The Kier molecular flexibility index (Phi) is 20.5. The smallest absolute Gasteiger partial charge is 0.289 e. The summed E-state index contributed by atoms with van der Waals surface area (Å²) in [4.78, 5) is 66.9. The fraction of sp³-hybridized carbons (Fsp3) is 0.595. The van der Waals surface area contributed by atoms with Crippen LogP contribution < -0.4 is 22.1 Å².